The molecule has 0 aliphatic carbocycles. The smallest absolute Gasteiger partial charge is 0.328 e. The fourth-order valence-corrected chi connectivity index (χ4v) is 1.53. The molecule has 2 atom stereocenters. The molecule has 112 valence electrons. The van der Waals surface area contributed by atoms with Gasteiger partial charge in [-0.3, -0.25) is 4.79 Å². The highest BCUT2D eigenvalue weighted by Crippen LogP contribution is 2.07. The van der Waals surface area contributed by atoms with E-state index in [1.54, 1.807) is 14.0 Å². The maximum Gasteiger partial charge on any atom is 0.328 e. The van der Waals surface area contributed by atoms with Crippen LogP contribution in [0.15, 0.2) is 0 Å². The second kappa shape index (κ2) is 9.78. The van der Waals surface area contributed by atoms with Gasteiger partial charge in [0.05, 0.1) is 12.6 Å². The number of likely N-dealkylation sites (N-methyl/N-ethyl adjacent to an activating group) is 1. The van der Waals surface area contributed by atoms with E-state index in [4.69, 9.17) is 4.74 Å². The van der Waals surface area contributed by atoms with Crippen LogP contribution >= 0.6 is 0 Å². The summed E-state index contributed by atoms with van der Waals surface area (Å²) < 4.78 is 5.19. The Morgan fingerprint density at radius 3 is 2.32 bits per heavy atom. The van der Waals surface area contributed by atoms with E-state index in [0.29, 0.717) is 18.9 Å². The van der Waals surface area contributed by atoms with Gasteiger partial charge in [-0.05, 0) is 32.7 Å². The van der Waals surface area contributed by atoms with Crippen LogP contribution in [0.2, 0.25) is 0 Å². The zero-order valence-corrected chi connectivity index (χ0v) is 12.8. The first kappa shape index (κ1) is 17.9. The molecule has 0 aromatic heterocycles. The van der Waals surface area contributed by atoms with Gasteiger partial charge < -0.3 is 15.4 Å². The molecule has 0 rings (SSSR count). The second-order valence-electron chi connectivity index (χ2n) is 5.22. The van der Waals surface area contributed by atoms with E-state index >= 15 is 0 Å². The van der Waals surface area contributed by atoms with Gasteiger partial charge >= 0.3 is 5.97 Å². The lowest BCUT2D eigenvalue weighted by Crippen LogP contribution is -2.49. The molecular formula is C14H28N2O3. The van der Waals surface area contributed by atoms with Gasteiger partial charge in [-0.2, -0.15) is 0 Å². The highest BCUT2D eigenvalue weighted by atomic mass is 16.5. The predicted molar refractivity (Wildman–Crippen MR) is 75.8 cm³/mol. The Hall–Kier alpha value is -1.10. The fraction of sp³-hybridized carbons (Fsp3) is 0.857. The van der Waals surface area contributed by atoms with Crippen LogP contribution in [0.25, 0.3) is 0 Å². The fourth-order valence-electron chi connectivity index (χ4n) is 1.53. The highest BCUT2D eigenvalue weighted by molar-refractivity contribution is 5.87. The molecule has 0 aromatic rings. The molecule has 0 bridgehead atoms. The Morgan fingerprint density at radius 2 is 1.84 bits per heavy atom. The van der Waals surface area contributed by atoms with Gasteiger partial charge in [0.15, 0.2) is 0 Å². The molecule has 0 fully saturated rings. The molecule has 5 heteroatoms. The third-order valence-corrected chi connectivity index (χ3v) is 2.88. The monoisotopic (exact) mass is 272 g/mol. The lowest BCUT2D eigenvalue weighted by Gasteiger charge is -2.21. The largest absolute Gasteiger partial charge is 0.464 e. The Labute approximate surface area is 116 Å². The standard InChI is InChI=1S/C14H28N2O3/c1-6-7-8-19-14(18)12(9-10(2)3)16-13(17)11(4)15-5/h10-12,15H,6-9H2,1-5H3,(H,16,17)/t11-,12-/m1/s1. The van der Waals surface area contributed by atoms with Crippen LogP contribution in [0.4, 0.5) is 0 Å². The molecule has 0 radical (unpaired) electrons. The summed E-state index contributed by atoms with van der Waals surface area (Å²) in [6.07, 6.45) is 2.42. The molecule has 19 heavy (non-hydrogen) atoms. The van der Waals surface area contributed by atoms with E-state index in [9.17, 15) is 9.59 Å². The number of esters is 1. The van der Waals surface area contributed by atoms with E-state index in [-0.39, 0.29) is 17.9 Å². The number of unbranched alkanes of at least 4 members (excludes halogenated alkanes) is 1. The second-order valence-corrected chi connectivity index (χ2v) is 5.22. The molecule has 2 N–H and O–H groups in total. The molecule has 0 unspecified atom stereocenters. The van der Waals surface area contributed by atoms with Crippen molar-refractivity contribution in [2.75, 3.05) is 13.7 Å². The van der Waals surface area contributed by atoms with Crippen molar-refractivity contribution in [1.82, 2.24) is 10.6 Å². The van der Waals surface area contributed by atoms with Gasteiger partial charge in [-0.1, -0.05) is 27.2 Å². The van der Waals surface area contributed by atoms with Gasteiger partial charge in [-0.25, -0.2) is 4.79 Å². The molecule has 0 saturated carbocycles. The topological polar surface area (TPSA) is 67.4 Å². The van der Waals surface area contributed by atoms with Crippen molar-refractivity contribution in [2.24, 2.45) is 5.92 Å². The SMILES string of the molecule is CCCCOC(=O)[C@@H](CC(C)C)NC(=O)[C@@H](C)NC. The van der Waals surface area contributed by atoms with E-state index < -0.39 is 6.04 Å². The van der Waals surface area contributed by atoms with Crippen molar-refractivity contribution >= 4 is 11.9 Å². The number of hydrogen-bond donors (Lipinski definition) is 2. The molecule has 0 heterocycles. The minimum Gasteiger partial charge on any atom is -0.464 e. The number of hydrogen-bond acceptors (Lipinski definition) is 4. The van der Waals surface area contributed by atoms with Crippen LogP contribution < -0.4 is 10.6 Å². The van der Waals surface area contributed by atoms with Crippen LogP contribution in [0.3, 0.4) is 0 Å². The van der Waals surface area contributed by atoms with Crippen molar-refractivity contribution in [3.8, 4) is 0 Å². The number of carbonyl (C=O) groups is 2. The summed E-state index contributed by atoms with van der Waals surface area (Å²) in [5.41, 5.74) is 0. The number of carbonyl (C=O) groups excluding carboxylic acids is 2. The minimum atomic E-state index is -0.555. The van der Waals surface area contributed by atoms with Crippen molar-refractivity contribution in [2.45, 2.75) is 59.0 Å². The van der Waals surface area contributed by atoms with E-state index in [1.807, 2.05) is 20.8 Å². The average molecular weight is 272 g/mol. The number of nitrogens with one attached hydrogen (secondary N) is 2. The molecule has 0 aromatic carbocycles. The summed E-state index contributed by atoms with van der Waals surface area (Å²) in [6.45, 7) is 8.24. The maximum atomic E-state index is 11.9. The van der Waals surface area contributed by atoms with Crippen LogP contribution in [0.1, 0.15) is 47.0 Å². The van der Waals surface area contributed by atoms with Crippen LogP contribution in [0, 0.1) is 5.92 Å². The molecule has 0 aliphatic heterocycles. The van der Waals surface area contributed by atoms with Gasteiger partial charge in [0, 0.05) is 0 Å². The molecule has 0 aliphatic rings. The quantitative estimate of drug-likeness (QED) is 0.493. The molecule has 1 amide bonds. The van der Waals surface area contributed by atoms with Crippen LogP contribution in [-0.2, 0) is 14.3 Å². The Balaban J connectivity index is 4.44. The Kier molecular flexibility index (Phi) is 9.21. The molecular weight excluding hydrogens is 244 g/mol. The zero-order valence-electron chi connectivity index (χ0n) is 12.8. The van der Waals surface area contributed by atoms with Crippen molar-refractivity contribution in [1.29, 1.82) is 0 Å². The normalized spacial score (nSPS) is 14.0. The summed E-state index contributed by atoms with van der Waals surface area (Å²) >= 11 is 0. The van der Waals surface area contributed by atoms with Gasteiger partial charge in [0.2, 0.25) is 5.91 Å². The van der Waals surface area contributed by atoms with Crippen molar-refractivity contribution in [3.05, 3.63) is 0 Å². The summed E-state index contributed by atoms with van der Waals surface area (Å²) in [7, 11) is 1.71. The van der Waals surface area contributed by atoms with Crippen LogP contribution in [0.5, 0.6) is 0 Å². The number of ether oxygens (including phenoxy) is 1. The summed E-state index contributed by atoms with van der Waals surface area (Å²) in [5, 5.41) is 5.60. The lowest BCUT2D eigenvalue weighted by molar-refractivity contribution is -0.148. The highest BCUT2D eigenvalue weighted by Gasteiger charge is 2.24. The Morgan fingerprint density at radius 1 is 1.21 bits per heavy atom. The molecule has 5 nitrogen and oxygen atoms in total. The van der Waals surface area contributed by atoms with Crippen molar-refractivity contribution < 1.29 is 14.3 Å². The predicted octanol–water partition coefficient (Wildman–Crippen LogP) is 1.47. The summed E-state index contributed by atoms with van der Waals surface area (Å²) in [4.78, 5) is 23.8. The lowest BCUT2D eigenvalue weighted by atomic mass is 10.0. The Bertz CT molecular complexity index is 280. The summed E-state index contributed by atoms with van der Waals surface area (Å²) in [5.74, 6) is -0.201. The zero-order chi connectivity index (χ0) is 14.8. The van der Waals surface area contributed by atoms with Crippen molar-refractivity contribution in [3.63, 3.8) is 0 Å². The van der Waals surface area contributed by atoms with Gasteiger partial charge in [0.1, 0.15) is 6.04 Å². The maximum absolute atomic E-state index is 11.9. The third-order valence-electron chi connectivity index (χ3n) is 2.88. The number of rotatable bonds is 9. The van der Waals surface area contributed by atoms with E-state index in [2.05, 4.69) is 10.6 Å². The summed E-state index contributed by atoms with van der Waals surface area (Å²) in [6, 6.07) is -0.877. The van der Waals surface area contributed by atoms with Gasteiger partial charge in [0.25, 0.3) is 0 Å². The van der Waals surface area contributed by atoms with Gasteiger partial charge in [-0.15, -0.1) is 0 Å². The first-order chi connectivity index (χ1) is 8.92. The first-order valence-corrected chi connectivity index (χ1v) is 7.06. The number of amides is 1. The molecule has 0 saturated heterocycles. The first-order valence-electron chi connectivity index (χ1n) is 7.06. The van der Waals surface area contributed by atoms with Crippen LogP contribution in [-0.4, -0.2) is 37.6 Å². The third kappa shape index (κ3) is 7.82. The minimum absolute atomic E-state index is 0.180. The van der Waals surface area contributed by atoms with E-state index in [0.717, 1.165) is 12.8 Å². The van der Waals surface area contributed by atoms with E-state index in [1.165, 1.54) is 0 Å². The average Bonchev–Trinajstić information content (AvgIpc) is 2.36. The molecule has 0 spiro atoms.